The Hall–Kier alpha value is -2.58. The van der Waals surface area contributed by atoms with Gasteiger partial charge in [0.1, 0.15) is 16.7 Å². The molecule has 0 bridgehead atoms. The van der Waals surface area contributed by atoms with Crippen LogP contribution in [-0.2, 0) is 14.6 Å². The number of rotatable bonds is 6. The van der Waals surface area contributed by atoms with Crippen LogP contribution in [0.5, 0.6) is 0 Å². The Morgan fingerprint density at radius 2 is 1.68 bits per heavy atom. The molecule has 0 amide bonds. The molecule has 1 aromatic heterocycles. The second-order valence-corrected chi connectivity index (χ2v) is 9.38. The zero-order chi connectivity index (χ0) is 20.5. The summed E-state index contributed by atoms with van der Waals surface area (Å²) in [4.78, 5) is 17.0. The standard InChI is InChI=1S/C20H18FNO4S2/c1-3-16(20(23)24)19-22-17(12-6-10-15(11-7-12)28(2,25)26)18(27-19)13-4-8-14(21)9-5-13/h4-11,16H,3H2,1-2H3,(H,23,24). The van der Waals surface area contributed by atoms with E-state index in [1.54, 1.807) is 31.2 Å². The van der Waals surface area contributed by atoms with Gasteiger partial charge < -0.3 is 5.11 Å². The number of hydrogen-bond donors (Lipinski definition) is 1. The largest absolute Gasteiger partial charge is 0.481 e. The molecule has 3 aromatic rings. The molecule has 1 N–H and O–H groups in total. The van der Waals surface area contributed by atoms with Gasteiger partial charge in [0.25, 0.3) is 0 Å². The monoisotopic (exact) mass is 419 g/mol. The molecule has 1 unspecified atom stereocenters. The van der Waals surface area contributed by atoms with Crippen molar-refractivity contribution in [3.05, 3.63) is 59.4 Å². The smallest absolute Gasteiger partial charge is 0.313 e. The average Bonchev–Trinajstić information content (AvgIpc) is 3.07. The lowest BCUT2D eigenvalue weighted by molar-refractivity contribution is -0.138. The summed E-state index contributed by atoms with van der Waals surface area (Å²) in [5.74, 6) is -2.07. The highest BCUT2D eigenvalue weighted by Crippen LogP contribution is 2.40. The molecule has 5 nitrogen and oxygen atoms in total. The normalized spacial score (nSPS) is 12.7. The van der Waals surface area contributed by atoms with E-state index in [4.69, 9.17) is 0 Å². The highest BCUT2D eigenvalue weighted by molar-refractivity contribution is 7.90. The molecule has 1 heterocycles. The molecule has 8 heteroatoms. The van der Waals surface area contributed by atoms with Crippen LogP contribution in [0.1, 0.15) is 24.3 Å². The van der Waals surface area contributed by atoms with Crippen molar-refractivity contribution in [2.45, 2.75) is 24.2 Å². The van der Waals surface area contributed by atoms with Gasteiger partial charge in [0.15, 0.2) is 9.84 Å². The molecule has 28 heavy (non-hydrogen) atoms. The van der Waals surface area contributed by atoms with Gasteiger partial charge in [-0.15, -0.1) is 11.3 Å². The van der Waals surface area contributed by atoms with Crippen LogP contribution in [0.25, 0.3) is 21.7 Å². The van der Waals surface area contributed by atoms with Crippen molar-refractivity contribution in [1.82, 2.24) is 4.98 Å². The summed E-state index contributed by atoms with van der Waals surface area (Å²) in [6, 6.07) is 12.2. The highest BCUT2D eigenvalue weighted by Gasteiger charge is 2.25. The van der Waals surface area contributed by atoms with Crippen LogP contribution in [0.2, 0.25) is 0 Å². The van der Waals surface area contributed by atoms with E-state index in [2.05, 4.69) is 4.98 Å². The lowest BCUT2D eigenvalue weighted by atomic mass is 10.1. The Morgan fingerprint density at radius 1 is 1.11 bits per heavy atom. The summed E-state index contributed by atoms with van der Waals surface area (Å²) in [6.07, 6.45) is 1.52. The van der Waals surface area contributed by atoms with Gasteiger partial charge in [0.2, 0.25) is 0 Å². The molecular formula is C20H18FNO4S2. The van der Waals surface area contributed by atoms with Crippen molar-refractivity contribution in [2.75, 3.05) is 6.26 Å². The van der Waals surface area contributed by atoms with Crippen molar-refractivity contribution >= 4 is 27.1 Å². The van der Waals surface area contributed by atoms with Crippen molar-refractivity contribution in [3.8, 4) is 21.7 Å². The van der Waals surface area contributed by atoms with E-state index in [0.29, 0.717) is 33.1 Å². The fraction of sp³-hybridized carbons (Fsp3) is 0.200. The fourth-order valence-corrected chi connectivity index (χ4v) is 4.69. The lowest BCUT2D eigenvalue weighted by Crippen LogP contribution is -2.09. The minimum absolute atomic E-state index is 0.187. The van der Waals surface area contributed by atoms with Crippen molar-refractivity contribution in [3.63, 3.8) is 0 Å². The number of benzene rings is 2. The third-order valence-electron chi connectivity index (χ3n) is 4.31. The van der Waals surface area contributed by atoms with E-state index in [0.717, 1.165) is 6.26 Å². The number of halogens is 1. The molecule has 0 aliphatic rings. The van der Waals surface area contributed by atoms with Gasteiger partial charge in [0, 0.05) is 11.8 Å². The third kappa shape index (κ3) is 4.13. The molecule has 0 saturated carbocycles. The van der Waals surface area contributed by atoms with Gasteiger partial charge in [-0.05, 0) is 36.2 Å². The van der Waals surface area contributed by atoms with Crippen LogP contribution in [-0.4, -0.2) is 30.7 Å². The van der Waals surface area contributed by atoms with Crippen LogP contribution >= 0.6 is 11.3 Å². The van der Waals surface area contributed by atoms with Crippen molar-refractivity contribution in [2.24, 2.45) is 0 Å². The number of nitrogens with zero attached hydrogens (tertiary/aromatic N) is 1. The molecule has 0 fully saturated rings. The zero-order valence-corrected chi connectivity index (χ0v) is 16.8. The molecular weight excluding hydrogens is 401 g/mol. The number of carboxylic acids is 1. The Kier molecular flexibility index (Phi) is 5.62. The fourth-order valence-electron chi connectivity index (χ4n) is 2.79. The molecule has 0 radical (unpaired) electrons. The lowest BCUT2D eigenvalue weighted by Gasteiger charge is -2.05. The molecule has 0 aliphatic carbocycles. The van der Waals surface area contributed by atoms with Gasteiger partial charge in [0.05, 0.1) is 15.5 Å². The van der Waals surface area contributed by atoms with Gasteiger partial charge in [-0.1, -0.05) is 31.2 Å². The molecule has 146 valence electrons. The second-order valence-electron chi connectivity index (χ2n) is 6.33. The molecule has 3 rings (SSSR count). The summed E-state index contributed by atoms with van der Waals surface area (Å²) >= 11 is 1.25. The van der Waals surface area contributed by atoms with Gasteiger partial charge in [-0.3, -0.25) is 4.79 Å². The third-order valence-corrected chi connectivity index (χ3v) is 6.66. The van der Waals surface area contributed by atoms with Crippen LogP contribution in [0.3, 0.4) is 0 Å². The first-order chi connectivity index (χ1) is 13.2. The maximum atomic E-state index is 13.3. The Balaban J connectivity index is 2.16. The predicted octanol–water partition coefficient (Wildman–Crippen LogP) is 4.60. The summed E-state index contributed by atoms with van der Waals surface area (Å²) in [6.45, 7) is 1.78. The first-order valence-corrected chi connectivity index (χ1v) is 11.2. The molecule has 0 saturated heterocycles. The first kappa shape index (κ1) is 20.2. The van der Waals surface area contributed by atoms with E-state index in [1.165, 1.54) is 35.6 Å². The van der Waals surface area contributed by atoms with Crippen molar-refractivity contribution in [1.29, 1.82) is 0 Å². The van der Waals surface area contributed by atoms with E-state index < -0.39 is 21.7 Å². The minimum atomic E-state index is -3.33. The molecule has 2 aromatic carbocycles. The van der Waals surface area contributed by atoms with Crippen LogP contribution in [0.4, 0.5) is 4.39 Å². The summed E-state index contributed by atoms with van der Waals surface area (Å²) in [5.41, 5.74) is 1.92. The van der Waals surface area contributed by atoms with E-state index in [9.17, 15) is 22.7 Å². The Morgan fingerprint density at radius 3 is 2.18 bits per heavy atom. The maximum Gasteiger partial charge on any atom is 0.313 e. The number of carboxylic acid groups (broad SMARTS) is 1. The second kappa shape index (κ2) is 7.81. The van der Waals surface area contributed by atoms with Crippen LogP contribution in [0.15, 0.2) is 53.4 Å². The maximum absolute atomic E-state index is 13.3. The van der Waals surface area contributed by atoms with Gasteiger partial charge in [-0.2, -0.15) is 0 Å². The number of hydrogen-bond acceptors (Lipinski definition) is 5. The number of sulfone groups is 1. The minimum Gasteiger partial charge on any atom is -0.481 e. The topological polar surface area (TPSA) is 84.3 Å². The first-order valence-electron chi connectivity index (χ1n) is 8.50. The quantitative estimate of drug-likeness (QED) is 0.631. The summed E-state index contributed by atoms with van der Waals surface area (Å²) in [5, 5.41) is 9.94. The number of aliphatic carboxylic acids is 1. The average molecular weight is 419 g/mol. The van der Waals surface area contributed by atoms with Crippen LogP contribution in [0, 0.1) is 5.82 Å². The van der Waals surface area contributed by atoms with Crippen LogP contribution < -0.4 is 0 Å². The SMILES string of the molecule is CCC(C(=O)O)c1nc(-c2ccc(S(C)(=O)=O)cc2)c(-c2ccc(F)cc2)s1. The highest BCUT2D eigenvalue weighted by atomic mass is 32.2. The van der Waals surface area contributed by atoms with E-state index in [1.807, 2.05) is 0 Å². The van der Waals surface area contributed by atoms with E-state index in [-0.39, 0.29) is 10.7 Å². The van der Waals surface area contributed by atoms with Gasteiger partial charge in [-0.25, -0.2) is 17.8 Å². The van der Waals surface area contributed by atoms with E-state index >= 15 is 0 Å². The Labute approximate surface area is 166 Å². The summed E-state index contributed by atoms with van der Waals surface area (Å²) < 4.78 is 36.7. The van der Waals surface area contributed by atoms with Gasteiger partial charge >= 0.3 is 5.97 Å². The summed E-state index contributed by atoms with van der Waals surface area (Å²) in [7, 11) is -3.33. The molecule has 0 spiro atoms. The van der Waals surface area contributed by atoms with Crippen molar-refractivity contribution < 1.29 is 22.7 Å². The number of thiazole rings is 1. The number of aromatic nitrogens is 1. The Bertz CT molecular complexity index is 1100. The zero-order valence-electron chi connectivity index (χ0n) is 15.2. The molecule has 0 aliphatic heterocycles. The number of carbonyl (C=O) groups is 1. The molecule has 1 atom stereocenters. The predicted molar refractivity (Wildman–Crippen MR) is 107 cm³/mol.